The quantitative estimate of drug-likeness (QED) is 0.653. The third-order valence-corrected chi connectivity index (χ3v) is 2.32. The molecule has 11 heavy (non-hydrogen) atoms. The number of aromatic nitrogens is 1. The zero-order valence-corrected chi connectivity index (χ0v) is 6.36. The van der Waals surface area contributed by atoms with Crippen molar-refractivity contribution in [2.75, 3.05) is 5.73 Å². The van der Waals surface area contributed by atoms with E-state index in [2.05, 4.69) is 4.98 Å². The maximum atomic E-state index is 12.9. The molecule has 0 bridgehead atoms. The largest absolute Gasteiger partial charge is 0.391 e. The number of hydrogen-bond acceptors (Lipinski definition) is 3. The summed E-state index contributed by atoms with van der Waals surface area (Å²) in [6.45, 7) is 0. The number of nitrogen functional groups attached to an aromatic ring is 1. The predicted molar refractivity (Wildman–Crippen MR) is 44.0 cm³/mol. The molecule has 2 rings (SSSR count). The van der Waals surface area contributed by atoms with Gasteiger partial charge >= 0.3 is 0 Å². The molecule has 4 heteroatoms. The zero-order chi connectivity index (χ0) is 7.84. The van der Waals surface area contributed by atoms with Gasteiger partial charge in [-0.15, -0.1) is 11.3 Å². The Morgan fingerprint density at radius 2 is 2.27 bits per heavy atom. The highest BCUT2D eigenvalue weighted by Crippen LogP contribution is 2.27. The van der Waals surface area contributed by atoms with E-state index in [1.54, 1.807) is 12.3 Å². The third-order valence-electron chi connectivity index (χ3n) is 1.42. The van der Waals surface area contributed by atoms with Crippen molar-refractivity contribution in [3.05, 3.63) is 24.3 Å². The zero-order valence-electron chi connectivity index (χ0n) is 5.54. The SMILES string of the molecule is Nc1cc2c(F)cncc2s1. The van der Waals surface area contributed by atoms with E-state index >= 15 is 0 Å². The molecule has 2 aromatic rings. The van der Waals surface area contributed by atoms with Crippen molar-refractivity contribution in [1.82, 2.24) is 4.98 Å². The molecule has 0 aliphatic rings. The highest BCUT2D eigenvalue weighted by atomic mass is 32.1. The van der Waals surface area contributed by atoms with Crippen molar-refractivity contribution in [2.24, 2.45) is 0 Å². The second-order valence-electron chi connectivity index (χ2n) is 2.18. The minimum absolute atomic E-state index is 0.310. The molecule has 0 aliphatic carbocycles. The van der Waals surface area contributed by atoms with Crippen LogP contribution in [0.25, 0.3) is 10.1 Å². The minimum Gasteiger partial charge on any atom is -0.391 e. The maximum Gasteiger partial charge on any atom is 0.150 e. The van der Waals surface area contributed by atoms with Crippen LogP contribution in [0.3, 0.4) is 0 Å². The third kappa shape index (κ3) is 0.952. The Morgan fingerprint density at radius 3 is 3.00 bits per heavy atom. The molecule has 0 radical (unpaired) electrons. The van der Waals surface area contributed by atoms with Gasteiger partial charge in [-0.05, 0) is 6.07 Å². The van der Waals surface area contributed by atoms with Crippen molar-refractivity contribution in [2.45, 2.75) is 0 Å². The Morgan fingerprint density at radius 1 is 1.45 bits per heavy atom. The Labute approximate surface area is 66.5 Å². The summed E-state index contributed by atoms with van der Waals surface area (Å²) in [5, 5.41) is 1.18. The minimum atomic E-state index is -0.310. The molecule has 0 saturated carbocycles. The van der Waals surface area contributed by atoms with E-state index < -0.39 is 0 Å². The summed E-state index contributed by atoms with van der Waals surface area (Å²) in [6, 6.07) is 1.62. The van der Waals surface area contributed by atoms with Crippen molar-refractivity contribution in [1.29, 1.82) is 0 Å². The van der Waals surface area contributed by atoms with Gasteiger partial charge in [0.25, 0.3) is 0 Å². The monoisotopic (exact) mass is 168 g/mol. The lowest BCUT2D eigenvalue weighted by atomic mass is 10.3. The first-order chi connectivity index (χ1) is 5.27. The molecule has 0 aromatic carbocycles. The maximum absolute atomic E-state index is 12.9. The fourth-order valence-corrected chi connectivity index (χ4v) is 1.76. The molecule has 0 unspecified atom stereocenters. The lowest BCUT2D eigenvalue weighted by molar-refractivity contribution is 0.634. The number of halogens is 1. The summed E-state index contributed by atoms with van der Waals surface area (Å²) in [4.78, 5) is 3.71. The number of thiophene rings is 1. The first-order valence-electron chi connectivity index (χ1n) is 3.06. The van der Waals surface area contributed by atoms with Crippen LogP contribution in [0.4, 0.5) is 9.39 Å². The van der Waals surface area contributed by atoms with Crippen molar-refractivity contribution in [3.8, 4) is 0 Å². The number of nitrogens with two attached hydrogens (primary N) is 1. The topological polar surface area (TPSA) is 38.9 Å². The average molecular weight is 168 g/mol. The summed E-state index contributed by atoms with van der Waals surface area (Å²) in [7, 11) is 0. The van der Waals surface area contributed by atoms with E-state index in [1.165, 1.54) is 17.5 Å². The van der Waals surface area contributed by atoms with Crippen LogP contribution in [0.5, 0.6) is 0 Å². The van der Waals surface area contributed by atoms with Gasteiger partial charge in [0.1, 0.15) is 5.82 Å². The van der Waals surface area contributed by atoms with E-state index in [0.717, 1.165) is 4.70 Å². The lowest BCUT2D eigenvalue weighted by Crippen LogP contribution is -1.76. The van der Waals surface area contributed by atoms with Gasteiger partial charge in [-0.3, -0.25) is 4.98 Å². The van der Waals surface area contributed by atoms with Crippen LogP contribution >= 0.6 is 11.3 Å². The number of anilines is 1. The van der Waals surface area contributed by atoms with Gasteiger partial charge in [0, 0.05) is 11.6 Å². The summed E-state index contributed by atoms with van der Waals surface area (Å²) in [5.41, 5.74) is 5.48. The molecule has 0 saturated heterocycles. The number of hydrogen-bond donors (Lipinski definition) is 1. The van der Waals surface area contributed by atoms with E-state index in [0.29, 0.717) is 10.4 Å². The lowest BCUT2D eigenvalue weighted by Gasteiger charge is -1.87. The van der Waals surface area contributed by atoms with Gasteiger partial charge in [-0.25, -0.2) is 4.39 Å². The first kappa shape index (κ1) is 6.54. The van der Waals surface area contributed by atoms with Crippen LogP contribution in [-0.2, 0) is 0 Å². The van der Waals surface area contributed by atoms with Crippen molar-refractivity contribution < 1.29 is 4.39 Å². The normalized spacial score (nSPS) is 10.6. The Hall–Kier alpha value is -1.16. The summed E-state index contributed by atoms with van der Waals surface area (Å²) < 4.78 is 13.7. The molecule has 2 N–H and O–H groups in total. The van der Waals surface area contributed by atoms with Crippen LogP contribution < -0.4 is 5.73 Å². The summed E-state index contributed by atoms with van der Waals surface area (Å²) in [5.74, 6) is -0.310. The first-order valence-corrected chi connectivity index (χ1v) is 3.87. The number of pyridine rings is 1. The van der Waals surface area contributed by atoms with Crippen molar-refractivity contribution in [3.63, 3.8) is 0 Å². The van der Waals surface area contributed by atoms with Crippen molar-refractivity contribution >= 4 is 26.4 Å². The fourth-order valence-electron chi connectivity index (χ4n) is 0.947. The number of rotatable bonds is 0. The second-order valence-corrected chi connectivity index (χ2v) is 3.30. The number of nitrogens with zero attached hydrogens (tertiary/aromatic N) is 1. The van der Waals surface area contributed by atoms with E-state index in [9.17, 15) is 4.39 Å². The summed E-state index contributed by atoms with van der Waals surface area (Å²) in [6.07, 6.45) is 2.80. The molecule has 0 fully saturated rings. The molecule has 0 atom stereocenters. The molecular weight excluding hydrogens is 163 g/mol. The molecular formula is C7H5FN2S. The van der Waals surface area contributed by atoms with Gasteiger partial charge in [0.2, 0.25) is 0 Å². The highest BCUT2D eigenvalue weighted by molar-refractivity contribution is 7.22. The fraction of sp³-hybridized carbons (Fsp3) is 0. The van der Waals surface area contributed by atoms with E-state index in [-0.39, 0.29) is 5.82 Å². The summed E-state index contributed by atoms with van der Waals surface area (Å²) >= 11 is 1.34. The van der Waals surface area contributed by atoms with E-state index in [1.807, 2.05) is 0 Å². The van der Waals surface area contributed by atoms with Crippen LogP contribution in [0.2, 0.25) is 0 Å². The number of fused-ring (bicyclic) bond motifs is 1. The molecule has 2 heterocycles. The van der Waals surface area contributed by atoms with Gasteiger partial charge in [-0.2, -0.15) is 0 Å². The van der Waals surface area contributed by atoms with Crippen LogP contribution in [0, 0.1) is 5.82 Å². The molecule has 0 amide bonds. The standard InChI is InChI=1S/C7H5FN2S/c8-5-2-10-3-6-4(5)1-7(9)11-6/h1-3H,9H2. The van der Waals surface area contributed by atoms with Gasteiger partial charge < -0.3 is 5.73 Å². The molecule has 2 aromatic heterocycles. The smallest absolute Gasteiger partial charge is 0.150 e. The van der Waals surface area contributed by atoms with Crippen LogP contribution in [0.15, 0.2) is 18.5 Å². The second kappa shape index (κ2) is 2.17. The molecule has 0 aliphatic heterocycles. The van der Waals surface area contributed by atoms with Gasteiger partial charge in [-0.1, -0.05) is 0 Å². The van der Waals surface area contributed by atoms with Crippen LogP contribution in [-0.4, -0.2) is 4.98 Å². The average Bonchev–Trinajstić information content (AvgIpc) is 2.31. The molecule has 56 valence electrons. The van der Waals surface area contributed by atoms with Crippen LogP contribution in [0.1, 0.15) is 0 Å². The van der Waals surface area contributed by atoms with Gasteiger partial charge in [0.05, 0.1) is 15.9 Å². The Balaban J connectivity index is 2.90. The molecule has 2 nitrogen and oxygen atoms in total. The predicted octanol–water partition coefficient (Wildman–Crippen LogP) is 2.02. The van der Waals surface area contributed by atoms with Gasteiger partial charge in [0.15, 0.2) is 0 Å². The Kier molecular flexibility index (Phi) is 1.29. The highest BCUT2D eigenvalue weighted by Gasteiger charge is 2.03. The van der Waals surface area contributed by atoms with E-state index in [4.69, 9.17) is 5.73 Å². The molecule has 0 spiro atoms. The Bertz CT molecular complexity index is 396.